The van der Waals surface area contributed by atoms with Gasteiger partial charge in [0.1, 0.15) is 0 Å². The number of methoxy groups -OCH3 is 2. The van der Waals surface area contributed by atoms with E-state index in [1.807, 2.05) is 18.7 Å². The first-order valence-corrected chi connectivity index (χ1v) is 6.76. The lowest BCUT2D eigenvalue weighted by Crippen LogP contribution is -2.37. The maximum atomic E-state index is 11.9. The van der Waals surface area contributed by atoms with Crippen molar-refractivity contribution in [2.24, 2.45) is 0 Å². The maximum absolute atomic E-state index is 11.9. The fraction of sp³-hybridized carbons (Fsp3) is 0.500. The summed E-state index contributed by atoms with van der Waals surface area (Å²) >= 11 is 6.28. The average molecular weight is 301 g/mol. The van der Waals surface area contributed by atoms with Crippen LogP contribution in [-0.2, 0) is 9.47 Å². The van der Waals surface area contributed by atoms with Gasteiger partial charge in [0.25, 0.3) is 0 Å². The number of nitrogen functional groups attached to an aromatic ring is 1. The maximum Gasteiger partial charge on any atom is 0.340 e. The molecule has 0 aliphatic carbocycles. The lowest BCUT2D eigenvalue weighted by molar-refractivity contribution is 0.0601. The van der Waals surface area contributed by atoms with Gasteiger partial charge in [-0.3, -0.25) is 0 Å². The Morgan fingerprint density at radius 3 is 2.60 bits per heavy atom. The van der Waals surface area contributed by atoms with Crippen LogP contribution in [0, 0.1) is 0 Å². The van der Waals surface area contributed by atoms with E-state index in [1.54, 1.807) is 19.2 Å². The van der Waals surface area contributed by atoms with Crippen LogP contribution in [-0.4, -0.2) is 39.4 Å². The van der Waals surface area contributed by atoms with E-state index in [2.05, 4.69) is 0 Å². The second-order valence-corrected chi connectivity index (χ2v) is 4.89. The van der Waals surface area contributed by atoms with Crippen LogP contribution >= 0.6 is 11.6 Å². The van der Waals surface area contributed by atoms with Crippen molar-refractivity contribution < 1.29 is 14.3 Å². The number of anilines is 2. The monoisotopic (exact) mass is 300 g/mol. The molecule has 0 saturated heterocycles. The van der Waals surface area contributed by atoms with Crippen LogP contribution in [0.4, 0.5) is 11.4 Å². The molecule has 1 rings (SSSR count). The number of nitrogens with zero attached hydrogens (tertiary/aromatic N) is 1. The molecule has 0 aromatic heterocycles. The van der Waals surface area contributed by atoms with Crippen molar-refractivity contribution in [3.8, 4) is 0 Å². The second kappa shape index (κ2) is 7.36. The molecule has 1 atom stereocenters. The average Bonchev–Trinajstić information content (AvgIpc) is 2.40. The first-order valence-electron chi connectivity index (χ1n) is 6.39. The van der Waals surface area contributed by atoms with Crippen molar-refractivity contribution in [1.82, 2.24) is 0 Å². The highest BCUT2D eigenvalue weighted by Crippen LogP contribution is 2.34. The van der Waals surface area contributed by atoms with Gasteiger partial charge in [-0.2, -0.15) is 0 Å². The van der Waals surface area contributed by atoms with Gasteiger partial charge < -0.3 is 20.1 Å². The smallest absolute Gasteiger partial charge is 0.340 e. The van der Waals surface area contributed by atoms with Gasteiger partial charge in [-0.15, -0.1) is 0 Å². The Morgan fingerprint density at radius 2 is 2.10 bits per heavy atom. The fourth-order valence-electron chi connectivity index (χ4n) is 2.20. The van der Waals surface area contributed by atoms with Crippen LogP contribution in [0.15, 0.2) is 12.1 Å². The second-order valence-electron chi connectivity index (χ2n) is 4.48. The SMILES string of the molecule is CCN(c1c(Cl)cc(N)cc1C(=O)OC)C(C)COC. The molecule has 6 heteroatoms. The predicted molar refractivity (Wildman–Crippen MR) is 81.6 cm³/mol. The molecule has 0 bridgehead atoms. The summed E-state index contributed by atoms with van der Waals surface area (Å²) in [7, 11) is 2.97. The zero-order valence-corrected chi connectivity index (χ0v) is 13.0. The minimum absolute atomic E-state index is 0.0644. The predicted octanol–water partition coefficient (Wildman–Crippen LogP) is 2.57. The van der Waals surface area contributed by atoms with E-state index >= 15 is 0 Å². The summed E-state index contributed by atoms with van der Waals surface area (Å²) in [5.41, 5.74) is 7.18. The normalized spacial score (nSPS) is 12.1. The molecule has 1 aromatic rings. The van der Waals surface area contributed by atoms with Crippen LogP contribution in [0.2, 0.25) is 5.02 Å². The molecule has 0 heterocycles. The third-order valence-corrected chi connectivity index (χ3v) is 3.35. The molecule has 0 fully saturated rings. The Morgan fingerprint density at radius 1 is 1.45 bits per heavy atom. The number of rotatable bonds is 6. The number of benzene rings is 1. The Balaban J connectivity index is 3.36. The van der Waals surface area contributed by atoms with Crippen LogP contribution in [0.25, 0.3) is 0 Å². The van der Waals surface area contributed by atoms with Crippen molar-refractivity contribution in [3.63, 3.8) is 0 Å². The first kappa shape index (κ1) is 16.6. The van der Waals surface area contributed by atoms with Gasteiger partial charge in [-0.1, -0.05) is 11.6 Å². The summed E-state index contributed by atoms with van der Waals surface area (Å²) in [4.78, 5) is 13.9. The minimum atomic E-state index is -0.461. The molecule has 0 amide bonds. The van der Waals surface area contributed by atoms with E-state index in [9.17, 15) is 4.79 Å². The van der Waals surface area contributed by atoms with E-state index < -0.39 is 5.97 Å². The molecule has 5 nitrogen and oxygen atoms in total. The lowest BCUT2D eigenvalue weighted by Gasteiger charge is -2.32. The van der Waals surface area contributed by atoms with Crippen molar-refractivity contribution in [1.29, 1.82) is 0 Å². The van der Waals surface area contributed by atoms with Gasteiger partial charge in [0, 0.05) is 25.4 Å². The van der Waals surface area contributed by atoms with Gasteiger partial charge in [-0.05, 0) is 26.0 Å². The van der Waals surface area contributed by atoms with E-state index in [0.717, 1.165) is 0 Å². The molecule has 1 unspecified atom stereocenters. The highest BCUT2D eigenvalue weighted by Gasteiger charge is 2.23. The van der Waals surface area contributed by atoms with Crippen molar-refractivity contribution in [3.05, 3.63) is 22.7 Å². The summed E-state index contributed by atoms with van der Waals surface area (Å²) in [6, 6.07) is 3.27. The number of halogens is 1. The van der Waals surface area contributed by atoms with E-state index in [4.69, 9.17) is 26.8 Å². The molecular formula is C14H21ClN2O3. The highest BCUT2D eigenvalue weighted by molar-refractivity contribution is 6.34. The Hall–Kier alpha value is -1.46. The number of likely N-dealkylation sites (N-methyl/N-ethyl adjacent to an activating group) is 1. The van der Waals surface area contributed by atoms with Crippen molar-refractivity contribution in [2.45, 2.75) is 19.9 Å². The number of esters is 1. The van der Waals surface area contributed by atoms with Crippen LogP contribution < -0.4 is 10.6 Å². The van der Waals surface area contributed by atoms with Gasteiger partial charge in [0.15, 0.2) is 0 Å². The topological polar surface area (TPSA) is 64.8 Å². The van der Waals surface area contributed by atoms with E-state index in [1.165, 1.54) is 7.11 Å². The standard InChI is InChI=1S/C14H21ClN2O3/c1-5-17(9(2)8-19-3)13-11(14(18)20-4)6-10(16)7-12(13)15/h6-7,9H,5,8,16H2,1-4H3. The lowest BCUT2D eigenvalue weighted by atomic mass is 10.1. The molecule has 0 radical (unpaired) electrons. The number of nitrogens with two attached hydrogens (primary N) is 1. The summed E-state index contributed by atoms with van der Waals surface area (Å²) < 4.78 is 9.98. The Labute approximate surface area is 124 Å². The zero-order chi connectivity index (χ0) is 15.3. The molecule has 1 aromatic carbocycles. The number of carbonyl (C=O) groups is 1. The highest BCUT2D eigenvalue weighted by atomic mass is 35.5. The molecule has 112 valence electrons. The van der Waals surface area contributed by atoms with Crippen LogP contribution in [0.1, 0.15) is 24.2 Å². The number of hydrogen-bond acceptors (Lipinski definition) is 5. The molecule has 0 spiro atoms. The first-order chi connectivity index (χ1) is 9.46. The molecular weight excluding hydrogens is 280 g/mol. The molecule has 2 N–H and O–H groups in total. The van der Waals surface area contributed by atoms with E-state index in [-0.39, 0.29) is 6.04 Å². The molecule has 0 aliphatic heterocycles. The van der Waals surface area contributed by atoms with Gasteiger partial charge in [0.05, 0.1) is 30.0 Å². The summed E-state index contributed by atoms with van der Waals surface area (Å²) in [5.74, 6) is -0.461. The molecule has 20 heavy (non-hydrogen) atoms. The van der Waals surface area contributed by atoms with Crippen molar-refractivity contribution >= 4 is 28.9 Å². The number of ether oxygens (including phenoxy) is 2. The van der Waals surface area contributed by atoms with Crippen LogP contribution in [0.5, 0.6) is 0 Å². The summed E-state index contributed by atoms with van der Waals surface area (Å²) in [6.45, 7) is 5.19. The third-order valence-electron chi connectivity index (χ3n) is 3.06. The molecule has 0 saturated carbocycles. The fourth-order valence-corrected chi connectivity index (χ4v) is 2.54. The van der Waals surface area contributed by atoms with Gasteiger partial charge in [0.2, 0.25) is 0 Å². The van der Waals surface area contributed by atoms with Gasteiger partial charge >= 0.3 is 5.97 Å². The number of carbonyl (C=O) groups excluding carboxylic acids is 1. The van der Waals surface area contributed by atoms with Crippen LogP contribution in [0.3, 0.4) is 0 Å². The number of hydrogen-bond donors (Lipinski definition) is 1. The largest absolute Gasteiger partial charge is 0.465 e. The van der Waals surface area contributed by atoms with Crippen molar-refractivity contribution in [2.75, 3.05) is 38.0 Å². The Bertz CT molecular complexity index is 480. The van der Waals surface area contributed by atoms with E-state index in [0.29, 0.717) is 35.1 Å². The zero-order valence-electron chi connectivity index (χ0n) is 12.3. The quantitative estimate of drug-likeness (QED) is 0.646. The third kappa shape index (κ3) is 3.55. The Kier molecular flexibility index (Phi) is 6.10. The summed E-state index contributed by atoms with van der Waals surface area (Å²) in [6.07, 6.45) is 0. The van der Waals surface area contributed by atoms with Gasteiger partial charge in [-0.25, -0.2) is 4.79 Å². The summed E-state index contributed by atoms with van der Waals surface area (Å²) in [5, 5.41) is 0.426. The minimum Gasteiger partial charge on any atom is -0.465 e. The molecule has 0 aliphatic rings.